The van der Waals surface area contributed by atoms with Crippen LogP contribution in [-0.2, 0) is 24.3 Å². The molecule has 0 aliphatic carbocycles. The first-order valence-corrected chi connectivity index (χ1v) is 8.62. The first kappa shape index (κ1) is 17.4. The fourth-order valence-corrected chi connectivity index (χ4v) is 4.17. The van der Waals surface area contributed by atoms with Crippen LogP contribution < -0.4 is 0 Å². The van der Waals surface area contributed by atoms with Crippen LogP contribution in [0.5, 0.6) is 0 Å². The van der Waals surface area contributed by atoms with Crippen LogP contribution in [-0.4, -0.2) is 44.7 Å². The van der Waals surface area contributed by atoms with Crippen molar-refractivity contribution in [1.29, 1.82) is 0 Å². The molecule has 1 aromatic carbocycles. The Morgan fingerprint density at radius 2 is 1.96 bits per heavy atom. The van der Waals surface area contributed by atoms with Crippen molar-refractivity contribution in [3.05, 3.63) is 42.0 Å². The summed E-state index contributed by atoms with van der Waals surface area (Å²) in [6.07, 6.45) is 3.83. The van der Waals surface area contributed by atoms with Gasteiger partial charge >= 0.3 is 5.97 Å². The lowest BCUT2D eigenvalue weighted by Crippen LogP contribution is -2.36. The Morgan fingerprint density at radius 1 is 1.30 bits per heavy atom. The highest BCUT2D eigenvalue weighted by molar-refractivity contribution is 7.89. The summed E-state index contributed by atoms with van der Waals surface area (Å²) < 4.78 is 31.1. The second kappa shape index (κ2) is 7.06. The molecule has 0 amide bonds. The van der Waals surface area contributed by atoms with E-state index in [1.54, 1.807) is 18.2 Å². The summed E-state index contributed by atoms with van der Waals surface area (Å²) in [5.41, 5.74) is 0.955. The molecule has 0 N–H and O–H groups in total. The number of ether oxygens (including phenoxy) is 1. The molecule has 1 aliphatic heterocycles. The van der Waals surface area contributed by atoms with Gasteiger partial charge in [0.1, 0.15) is 6.29 Å². The van der Waals surface area contributed by atoms with Gasteiger partial charge in [0.2, 0.25) is 10.0 Å². The van der Waals surface area contributed by atoms with Gasteiger partial charge in [0.15, 0.2) is 0 Å². The summed E-state index contributed by atoms with van der Waals surface area (Å²) in [7, 11) is -2.47. The largest absolute Gasteiger partial charge is 0.466 e. The molecular weight excluding hydrogens is 318 g/mol. The number of sulfonamides is 1. The molecule has 1 fully saturated rings. The molecule has 1 heterocycles. The predicted molar refractivity (Wildman–Crippen MR) is 84.2 cm³/mol. The normalized spacial score (nSPS) is 22.3. The molecular formula is C16H19NO5S. The molecule has 0 aromatic heterocycles. The van der Waals surface area contributed by atoms with Crippen molar-refractivity contribution in [3.63, 3.8) is 0 Å². The molecule has 2 atom stereocenters. The number of aldehydes is 1. The van der Waals surface area contributed by atoms with E-state index < -0.39 is 22.0 Å². The minimum atomic E-state index is -3.74. The van der Waals surface area contributed by atoms with Crippen molar-refractivity contribution < 1.29 is 22.7 Å². The summed E-state index contributed by atoms with van der Waals surface area (Å²) in [5.74, 6) is -0.711. The second-order valence-electron chi connectivity index (χ2n) is 5.47. The van der Waals surface area contributed by atoms with Gasteiger partial charge in [-0.2, -0.15) is 4.31 Å². The van der Waals surface area contributed by atoms with Crippen LogP contribution in [0, 0.1) is 12.8 Å². The maximum atomic E-state index is 12.7. The van der Waals surface area contributed by atoms with E-state index in [-0.39, 0.29) is 17.4 Å². The third kappa shape index (κ3) is 3.86. The van der Waals surface area contributed by atoms with Gasteiger partial charge in [0.25, 0.3) is 0 Å². The number of hydrogen-bond donors (Lipinski definition) is 0. The van der Waals surface area contributed by atoms with E-state index in [4.69, 9.17) is 0 Å². The summed E-state index contributed by atoms with van der Waals surface area (Å²) in [4.78, 5) is 22.6. The fourth-order valence-electron chi connectivity index (χ4n) is 2.54. The Labute approximate surface area is 135 Å². The van der Waals surface area contributed by atoms with Crippen molar-refractivity contribution in [3.8, 4) is 0 Å². The molecule has 23 heavy (non-hydrogen) atoms. The Balaban J connectivity index is 2.23. The van der Waals surface area contributed by atoms with Crippen LogP contribution >= 0.6 is 0 Å². The van der Waals surface area contributed by atoms with Crippen LogP contribution in [0.3, 0.4) is 0 Å². The summed E-state index contributed by atoms with van der Waals surface area (Å²) >= 11 is 0. The molecule has 0 bridgehead atoms. The van der Waals surface area contributed by atoms with Crippen LogP contribution in [0.2, 0.25) is 0 Å². The quantitative estimate of drug-likeness (QED) is 0.460. The number of carbonyl (C=O) groups is 2. The van der Waals surface area contributed by atoms with Crippen LogP contribution in [0.15, 0.2) is 41.3 Å². The van der Waals surface area contributed by atoms with E-state index in [1.807, 2.05) is 6.92 Å². The van der Waals surface area contributed by atoms with Crippen molar-refractivity contribution in [2.24, 2.45) is 5.92 Å². The monoisotopic (exact) mass is 337 g/mol. The summed E-state index contributed by atoms with van der Waals surface area (Å²) in [5, 5.41) is 0. The zero-order valence-electron chi connectivity index (χ0n) is 13.0. The topological polar surface area (TPSA) is 80.8 Å². The van der Waals surface area contributed by atoms with E-state index in [9.17, 15) is 18.0 Å². The van der Waals surface area contributed by atoms with Crippen LogP contribution in [0.4, 0.5) is 0 Å². The van der Waals surface area contributed by atoms with Gasteiger partial charge in [-0.05, 0) is 31.4 Å². The van der Waals surface area contributed by atoms with E-state index in [0.29, 0.717) is 12.7 Å². The molecule has 2 rings (SSSR count). The van der Waals surface area contributed by atoms with E-state index in [2.05, 4.69) is 4.74 Å². The number of benzene rings is 1. The molecule has 1 aromatic rings. The van der Waals surface area contributed by atoms with Gasteiger partial charge in [-0.3, -0.25) is 0 Å². The minimum Gasteiger partial charge on any atom is -0.466 e. The van der Waals surface area contributed by atoms with Gasteiger partial charge in [0.05, 0.1) is 18.0 Å². The van der Waals surface area contributed by atoms with Crippen molar-refractivity contribution >= 4 is 22.3 Å². The van der Waals surface area contributed by atoms with Crippen molar-refractivity contribution in [1.82, 2.24) is 4.31 Å². The number of aryl methyl sites for hydroxylation is 1. The highest BCUT2D eigenvalue weighted by Crippen LogP contribution is 2.29. The molecule has 0 radical (unpaired) electrons. The first-order valence-electron chi connectivity index (χ1n) is 7.18. The third-order valence-corrected chi connectivity index (χ3v) is 5.72. The average Bonchev–Trinajstić information content (AvgIpc) is 2.97. The third-order valence-electron chi connectivity index (χ3n) is 3.82. The number of hydrogen-bond acceptors (Lipinski definition) is 5. The highest BCUT2D eigenvalue weighted by Gasteiger charge is 2.39. The van der Waals surface area contributed by atoms with Gasteiger partial charge in [-0.25, -0.2) is 13.2 Å². The van der Waals surface area contributed by atoms with Crippen molar-refractivity contribution in [2.75, 3.05) is 13.7 Å². The molecule has 6 nitrogen and oxygen atoms in total. The number of methoxy groups -OCH3 is 1. The Bertz CT molecular complexity index is 708. The Kier molecular flexibility index (Phi) is 5.33. The zero-order valence-corrected chi connectivity index (χ0v) is 13.8. The molecule has 124 valence electrons. The average molecular weight is 337 g/mol. The lowest BCUT2D eigenvalue weighted by atomic mass is 10.1. The number of esters is 1. The van der Waals surface area contributed by atoms with Gasteiger partial charge in [-0.15, -0.1) is 0 Å². The molecule has 0 spiro atoms. The maximum absolute atomic E-state index is 12.7. The van der Waals surface area contributed by atoms with E-state index in [0.717, 1.165) is 5.56 Å². The fraction of sp³-hybridized carbons (Fsp3) is 0.375. The Morgan fingerprint density at radius 3 is 2.52 bits per heavy atom. The minimum absolute atomic E-state index is 0.160. The number of carbonyl (C=O) groups excluding carboxylic acids is 2. The second-order valence-corrected chi connectivity index (χ2v) is 7.36. The maximum Gasteiger partial charge on any atom is 0.330 e. The van der Waals surface area contributed by atoms with Crippen molar-refractivity contribution in [2.45, 2.75) is 24.3 Å². The van der Waals surface area contributed by atoms with E-state index in [1.165, 1.54) is 29.6 Å². The van der Waals surface area contributed by atoms with E-state index >= 15 is 0 Å². The van der Waals surface area contributed by atoms with Crippen LogP contribution in [0.25, 0.3) is 0 Å². The number of rotatable bonds is 5. The van der Waals surface area contributed by atoms with Gasteiger partial charge in [0, 0.05) is 12.6 Å². The zero-order chi connectivity index (χ0) is 17.0. The van der Waals surface area contributed by atoms with Gasteiger partial charge in [-0.1, -0.05) is 23.8 Å². The van der Waals surface area contributed by atoms with Gasteiger partial charge < -0.3 is 9.53 Å². The van der Waals surface area contributed by atoms with Crippen LogP contribution in [0.1, 0.15) is 12.0 Å². The molecule has 0 unspecified atom stereocenters. The SMILES string of the molecule is COC(=O)/C=C/[C@H]1C[C@@H](C=O)N(S(=O)(=O)c2ccc(C)cc2)C1. The lowest BCUT2D eigenvalue weighted by Gasteiger charge is -2.20. The summed E-state index contributed by atoms with van der Waals surface area (Å²) in [6.45, 7) is 2.03. The smallest absolute Gasteiger partial charge is 0.330 e. The Hall–Kier alpha value is -1.99. The predicted octanol–water partition coefficient (Wildman–Crippen LogP) is 1.30. The number of nitrogens with zero attached hydrogens (tertiary/aromatic N) is 1. The first-order chi connectivity index (χ1) is 10.9. The molecule has 0 saturated carbocycles. The molecule has 1 aliphatic rings. The lowest BCUT2D eigenvalue weighted by molar-refractivity contribution is -0.134. The highest BCUT2D eigenvalue weighted by atomic mass is 32.2. The molecule has 1 saturated heterocycles. The standard InChI is InChI=1S/C16H19NO5S/c1-12-3-6-15(7-4-12)23(20,21)17-10-13(9-14(17)11-18)5-8-16(19)22-2/h3-8,11,13-14H,9-10H2,1-2H3/b8-5+/t13-,14-/m0/s1. The molecule has 7 heteroatoms. The summed E-state index contributed by atoms with van der Waals surface area (Å²) in [6, 6.07) is 5.77.